The summed E-state index contributed by atoms with van der Waals surface area (Å²) in [4.78, 5) is 31.1. The van der Waals surface area contributed by atoms with Gasteiger partial charge in [0, 0.05) is 43.4 Å². The third-order valence-corrected chi connectivity index (χ3v) is 5.48. The Morgan fingerprint density at radius 3 is 2.45 bits per heavy atom. The fraction of sp³-hybridized carbons (Fsp3) is 0.138. The molecule has 0 aliphatic heterocycles. The lowest BCUT2D eigenvalue weighted by atomic mass is 10.0. The van der Waals surface area contributed by atoms with Gasteiger partial charge in [-0.1, -0.05) is 55.7 Å². The number of nitrogens with zero attached hydrogens (tertiary/aromatic N) is 5. The summed E-state index contributed by atoms with van der Waals surface area (Å²) in [5.41, 5.74) is 13.5. The number of aromatic nitrogens is 3. The maximum Gasteiger partial charge on any atom is 0.271 e. The van der Waals surface area contributed by atoms with Crippen molar-refractivity contribution in [3.8, 4) is 17.5 Å². The van der Waals surface area contributed by atoms with Gasteiger partial charge in [-0.05, 0) is 36.1 Å². The van der Waals surface area contributed by atoms with Gasteiger partial charge in [0.1, 0.15) is 5.84 Å². The van der Waals surface area contributed by atoms with Gasteiger partial charge in [0.15, 0.2) is 5.71 Å². The van der Waals surface area contributed by atoms with Crippen molar-refractivity contribution in [2.45, 2.75) is 13.3 Å². The van der Waals surface area contributed by atoms with Gasteiger partial charge < -0.3 is 11.5 Å². The monoisotopic (exact) mass is 507 g/mol. The smallest absolute Gasteiger partial charge is 0.271 e. The van der Waals surface area contributed by atoms with E-state index >= 15 is 0 Å². The van der Waals surface area contributed by atoms with Crippen LogP contribution in [0.2, 0.25) is 0 Å². The first-order valence-electron chi connectivity index (χ1n) is 11.8. The zero-order chi connectivity index (χ0) is 27.7. The van der Waals surface area contributed by atoms with Gasteiger partial charge in [0.25, 0.3) is 11.5 Å². The molecular formula is C29H29N7O2. The molecule has 9 heteroatoms. The second-order valence-electron chi connectivity index (χ2n) is 8.02. The molecule has 192 valence electrons. The summed E-state index contributed by atoms with van der Waals surface area (Å²) in [5.74, 6) is 5.56. The predicted molar refractivity (Wildman–Crippen MR) is 152 cm³/mol. The molecule has 0 saturated heterocycles. The first-order chi connectivity index (χ1) is 18.3. The number of hydrogen-bond acceptors (Lipinski definition) is 5. The minimum atomic E-state index is -0.715. The largest absolute Gasteiger partial charge is 0.382 e. The Balaban J connectivity index is 0.000000310. The van der Waals surface area contributed by atoms with Crippen LogP contribution in [-0.2, 0) is 18.3 Å². The summed E-state index contributed by atoms with van der Waals surface area (Å²) in [6.07, 6.45) is 5.52. The first kappa shape index (κ1) is 27.4. The molecule has 1 amide bonds. The number of amidine groups is 1. The third-order valence-electron chi connectivity index (χ3n) is 5.48. The average molecular weight is 508 g/mol. The van der Waals surface area contributed by atoms with Crippen LogP contribution >= 0.6 is 0 Å². The molecule has 0 bridgehead atoms. The number of pyridine rings is 1. The lowest BCUT2D eigenvalue weighted by molar-refractivity contribution is -0.111. The van der Waals surface area contributed by atoms with Crippen LogP contribution in [0.4, 0.5) is 0 Å². The summed E-state index contributed by atoms with van der Waals surface area (Å²) < 4.78 is 3.50. The number of rotatable bonds is 5. The number of fused-ring (bicyclic) bond motifs is 1. The number of amides is 1. The van der Waals surface area contributed by atoms with Crippen molar-refractivity contribution in [1.82, 2.24) is 14.3 Å². The number of para-hydroxylation sites is 1. The zero-order valence-electron chi connectivity index (χ0n) is 21.5. The Hall–Kier alpha value is -5.23. The highest BCUT2D eigenvalue weighted by molar-refractivity contribution is 6.66. The SMILES string of the molecule is C=CN=C(C(N)=O)C(N)=NC.CCc1cc2cccc(C#Cc3cnn(C)c3)c2c(=O)n1-c1ccccc1. The highest BCUT2D eigenvalue weighted by Gasteiger charge is 2.12. The molecule has 38 heavy (non-hydrogen) atoms. The maximum absolute atomic E-state index is 13.4. The maximum atomic E-state index is 13.4. The second-order valence-corrected chi connectivity index (χ2v) is 8.02. The molecule has 0 spiro atoms. The Bertz CT molecular complexity index is 1650. The van der Waals surface area contributed by atoms with Crippen LogP contribution in [-0.4, -0.2) is 38.8 Å². The number of carbonyl (C=O) groups is 1. The number of carbonyl (C=O) groups excluding carboxylic acids is 1. The van der Waals surface area contributed by atoms with E-state index in [0.717, 1.165) is 34.3 Å². The Morgan fingerprint density at radius 2 is 1.87 bits per heavy atom. The van der Waals surface area contributed by atoms with E-state index in [9.17, 15) is 9.59 Å². The molecule has 0 aliphatic carbocycles. The standard InChI is InChI=1S/C23H19N3O.C6H10N4O/c1-3-20-14-19-9-7-8-18(13-12-17-15-24-25(2)16-17)22(19)23(27)26(20)21-10-5-4-6-11-21;1-3-10-4(6(8)11)5(7)9-2/h4-11,14-16H,3H2,1-2H3;3H,1H2,2H3,(H2,7,9)(H2,8,11). The van der Waals surface area contributed by atoms with Crippen molar-refractivity contribution in [3.63, 3.8) is 0 Å². The number of aryl methyl sites for hydroxylation is 2. The molecule has 0 fully saturated rings. The van der Waals surface area contributed by atoms with E-state index in [1.807, 2.05) is 61.8 Å². The lowest BCUT2D eigenvalue weighted by Gasteiger charge is -2.14. The van der Waals surface area contributed by atoms with E-state index < -0.39 is 5.91 Å². The third kappa shape index (κ3) is 6.30. The topological polar surface area (TPSA) is 134 Å². The van der Waals surface area contributed by atoms with Gasteiger partial charge in [-0.25, -0.2) is 4.99 Å². The van der Waals surface area contributed by atoms with Gasteiger partial charge in [0.05, 0.1) is 17.1 Å². The fourth-order valence-corrected chi connectivity index (χ4v) is 3.72. The Labute approximate surface area is 220 Å². The highest BCUT2D eigenvalue weighted by Crippen LogP contribution is 2.19. The minimum absolute atomic E-state index is 0.0115. The molecule has 0 atom stereocenters. The normalized spacial score (nSPS) is 11.2. The van der Waals surface area contributed by atoms with E-state index in [4.69, 9.17) is 11.5 Å². The van der Waals surface area contributed by atoms with Crippen molar-refractivity contribution in [1.29, 1.82) is 0 Å². The van der Waals surface area contributed by atoms with Crippen LogP contribution < -0.4 is 17.0 Å². The molecule has 9 nitrogen and oxygen atoms in total. The van der Waals surface area contributed by atoms with Gasteiger partial charge in [-0.15, -0.1) is 0 Å². The molecule has 4 rings (SSSR count). The van der Waals surface area contributed by atoms with E-state index in [1.54, 1.807) is 15.4 Å². The Morgan fingerprint density at radius 1 is 1.13 bits per heavy atom. The van der Waals surface area contributed by atoms with Gasteiger partial charge >= 0.3 is 0 Å². The van der Waals surface area contributed by atoms with Crippen LogP contribution in [0.5, 0.6) is 0 Å². The van der Waals surface area contributed by atoms with Gasteiger partial charge in [-0.3, -0.25) is 23.8 Å². The van der Waals surface area contributed by atoms with Crippen molar-refractivity contribution in [2.24, 2.45) is 28.5 Å². The molecule has 2 heterocycles. The van der Waals surface area contributed by atoms with Crippen LogP contribution in [0.15, 0.2) is 94.5 Å². The van der Waals surface area contributed by atoms with Crippen molar-refractivity contribution in [3.05, 3.63) is 107 Å². The molecule has 0 saturated carbocycles. The Kier molecular flexibility index (Phi) is 9.11. The molecule has 4 aromatic rings. The highest BCUT2D eigenvalue weighted by atomic mass is 16.1. The van der Waals surface area contributed by atoms with Crippen molar-refractivity contribution >= 4 is 28.2 Å². The van der Waals surface area contributed by atoms with E-state index in [2.05, 4.69) is 46.5 Å². The quantitative estimate of drug-likeness (QED) is 0.244. The van der Waals surface area contributed by atoms with Crippen LogP contribution in [0.1, 0.15) is 23.7 Å². The summed E-state index contributed by atoms with van der Waals surface area (Å²) in [6.45, 7) is 5.36. The second kappa shape index (κ2) is 12.6. The summed E-state index contributed by atoms with van der Waals surface area (Å²) in [6, 6.07) is 17.6. The summed E-state index contributed by atoms with van der Waals surface area (Å²) in [7, 11) is 3.30. The van der Waals surface area contributed by atoms with Crippen LogP contribution in [0, 0.1) is 11.8 Å². The molecular weight excluding hydrogens is 478 g/mol. The van der Waals surface area contributed by atoms with Crippen LogP contribution in [0.25, 0.3) is 16.5 Å². The fourth-order valence-electron chi connectivity index (χ4n) is 3.72. The lowest BCUT2D eigenvalue weighted by Crippen LogP contribution is -2.35. The van der Waals surface area contributed by atoms with Crippen LogP contribution in [0.3, 0.4) is 0 Å². The minimum Gasteiger partial charge on any atom is -0.382 e. The average Bonchev–Trinajstić information content (AvgIpc) is 3.35. The molecule has 0 radical (unpaired) electrons. The number of hydrogen-bond donors (Lipinski definition) is 2. The van der Waals surface area contributed by atoms with E-state index in [0.29, 0.717) is 5.39 Å². The van der Waals surface area contributed by atoms with E-state index in [-0.39, 0.29) is 17.1 Å². The summed E-state index contributed by atoms with van der Waals surface area (Å²) >= 11 is 0. The predicted octanol–water partition coefficient (Wildman–Crippen LogP) is 2.73. The first-order valence-corrected chi connectivity index (χ1v) is 11.8. The molecule has 0 unspecified atom stereocenters. The van der Waals surface area contributed by atoms with E-state index in [1.165, 1.54) is 13.2 Å². The molecule has 4 N–H and O–H groups in total. The summed E-state index contributed by atoms with van der Waals surface area (Å²) in [5, 5.41) is 5.70. The number of nitrogens with two attached hydrogens (primary N) is 2. The zero-order valence-corrected chi connectivity index (χ0v) is 21.5. The van der Waals surface area contributed by atoms with Crippen molar-refractivity contribution in [2.75, 3.05) is 7.05 Å². The van der Waals surface area contributed by atoms with Gasteiger partial charge in [-0.2, -0.15) is 5.10 Å². The van der Waals surface area contributed by atoms with Crippen molar-refractivity contribution < 1.29 is 4.79 Å². The molecule has 2 aromatic heterocycles. The molecule has 2 aromatic carbocycles. The number of primary amides is 1. The molecule has 0 aliphatic rings. The number of aliphatic imine (C=N–C) groups is 2. The number of benzene rings is 2. The van der Waals surface area contributed by atoms with Gasteiger partial charge in [0.2, 0.25) is 0 Å².